The zero-order valence-corrected chi connectivity index (χ0v) is 42.8. The smallest absolute Gasteiger partial charge is 0.403 e. The highest BCUT2D eigenvalue weighted by molar-refractivity contribution is 6.38. The number of hydrogen-bond donors (Lipinski definition) is 0. The van der Waals surface area contributed by atoms with Crippen molar-refractivity contribution in [1.82, 2.24) is 27.7 Å². The van der Waals surface area contributed by atoms with Crippen molar-refractivity contribution >= 4 is 53.5 Å². The Morgan fingerprint density at radius 2 is 0.615 bits per heavy atom. The third-order valence-corrected chi connectivity index (χ3v) is 8.93. The number of ether oxygens (including phenoxy) is 6. The van der Waals surface area contributed by atoms with Crippen molar-refractivity contribution in [2.45, 2.75) is 77.5 Å². The lowest BCUT2D eigenvalue weighted by atomic mass is 10.2. The van der Waals surface area contributed by atoms with E-state index in [2.05, 4.69) is 84.9 Å². The molecule has 0 saturated carbocycles. The molecule has 0 atom stereocenters. The summed E-state index contributed by atoms with van der Waals surface area (Å²) in [4.78, 5) is 188. The van der Waals surface area contributed by atoms with E-state index in [4.69, 9.17) is 18.9 Å². The minimum atomic E-state index is -1.64. The Morgan fingerprint density at radius 3 is 0.910 bits per heavy atom. The number of hydrogen-bond acceptors (Lipinski definition) is 23. The zero-order chi connectivity index (χ0) is 59.8. The van der Waals surface area contributed by atoms with E-state index >= 15 is 0 Å². The first-order valence-corrected chi connectivity index (χ1v) is 22.9. The van der Waals surface area contributed by atoms with Gasteiger partial charge in [-0.3, -0.25) is 14.4 Å². The van der Waals surface area contributed by atoms with Crippen molar-refractivity contribution < 1.29 is 81.2 Å². The van der Waals surface area contributed by atoms with Gasteiger partial charge < -0.3 is 38.1 Å². The van der Waals surface area contributed by atoms with Gasteiger partial charge in [0, 0.05) is 43.2 Å². The van der Waals surface area contributed by atoms with Crippen molar-refractivity contribution in [2.24, 2.45) is 0 Å². The largest absolute Gasteiger partial charge is 0.464 e. The van der Waals surface area contributed by atoms with Gasteiger partial charge in [0.15, 0.2) is 0 Å². The molecule has 426 valence electrons. The Morgan fingerprint density at radius 1 is 0.333 bits per heavy atom. The fraction of sp³-hybridized carbons (Fsp3) is 0.367. The van der Waals surface area contributed by atoms with E-state index < -0.39 is 140 Å². The van der Waals surface area contributed by atoms with Gasteiger partial charge in [0.2, 0.25) is 0 Å². The van der Waals surface area contributed by atoms with E-state index in [0.717, 1.165) is 24.3 Å². The van der Waals surface area contributed by atoms with E-state index in [1.165, 1.54) is 0 Å². The maximum absolute atomic E-state index is 13.0. The molecule has 29 nitrogen and oxygen atoms in total. The molecule has 0 aliphatic rings. The Hall–Kier alpha value is -9.83. The first kappa shape index (κ1) is 70.2. The van der Waals surface area contributed by atoms with Gasteiger partial charge in [0.25, 0.3) is 5.78 Å². The average molecular weight is 1100 g/mol. The standard InChI is InChI=1S/C29H37N3O14.C16H17N3O9.2C2H4/c1-4-21(33)26(38)46-32-28(40)30(15-19-44-24(36)13-9-7-11-17-42-22(34)5-2)27(39)31(29(32)41)16-20-45-25(37)14-10-8-12-18-43-23(35)6-3;1-4-11(20)26-9-7-17-14(23)18(8-10-27-12(21)5-2)16(25)19(15(17)24)28-13(22)6-3;2*1-2/h4-6H,1-3,7-20H2;4-6H,1-3,7-10H2;2*1-2H2. The highest BCUT2D eigenvalue weighted by atomic mass is 16.7. The van der Waals surface area contributed by atoms with Crippen LogP contribution in [0.3, 0.4) is 0 Å². The van der Waals surface area contributed by atoms with Crippen LogP contribution in [-0.4, -0.2) is 121 Å². The van der Waals surface area contributed by atoms with Crippen LogP contribution in [0.1, 0.15) is 51.4 Å². The third-order valence-electron chi connectivity index (χ3n) is 8.93. The molecule has 78 heavy (non-hydrogen) atoms. The van der Waals surface area contributed by atoms with Crippen LogP contribution in [0.25, 0.3) is 0 Å². The van der Waals surface area contributed by atoms with Gasteiger partial charge in [-0.25, -0.2) is 75.8 Å². The van der Waals surface area contributed by atoms with Crippen LogP contribution in [0.15, 0.2) is 131 Å². The lowest BCUT2D eigenvalue weighted by molar-refractivity contribution is -0.153. The van der Waals surface area contributed by atoms with Crippen molar-refractivity contribution in [1.29, 1.82) is 0 Å². The lowest BCUT2D eigenvalue weighted by Gasteiger charge is -2.13. The Bertz CT molecular complexity index is 2700. The molecule has 2 rings (SSSR count). The molecule has 2 heterocycles. The van der Waals surface area contributed by atoms with E-state index in [-0.39, 0.29) is 35.5 Å². The first-order chi connectivity index (χ1) is 37.2. The molecule has 0 unspecified atom stereocenters. The zero-order valence-electron chi connectivity index (χ0n) is 42.8. The number of carbonyl (C=O) groups is 9. The molecule has 0 aliphatic heterocycles. The van der Waals surface area contributed by atoms with Crippen LogP contribution >= 0.6 is 0 Å². The van der Waals surface area contributed by atoms with E-state index in [1.54, 1.807) is 0 Å². The quantitative estimate of drug-likeness (QED) is 0.0205. The Kier molecular flexibility index (Phi) is 36.5. The van der Waals surface area contributed by atoms with Gasteiger partial charge in [-0.05, 0) is 44.6 Å². The second kappa shape index (κ2) is 40.5. The Balaban J connectivity index is 0. The Labute approximate surface area is 443 Å². The van der Waals surface area contributed by atoms with Gasteiger partial charge in [-0.2, -0.15) is 0 Å². The van der Waals surface area contributed by atoms with Gasteiger partial charge >= 0.3 is 81.9 Å². The van der Waals surface area contributed by atoms with Crippen LogP contribution in [0.2, 0.25) is 0 Å². The maximum atomic E-state index is 13.0. The summed E-state index contributed by atoms with van der Waals surface area (Å²) >= 11 is 0. The maximum Gasteiger partial charge on any atom is 0.403 e. The van der Waals surface area contributed by atoms with Crippen LogP contribution < -0.4 is 43.8 Å². The van der Waals surface area contributed by atoms with Gasteiger partial charge in [-0.1, -0.05) is 48.9 Å². The summed E-state index contributed by atoms with van der Waals surface area (Å²) in [7, 11) is 0. The third kappa shape index (κ3) is 25.9. The molecule has 2 aromatic heterocycles. The molecule has 0 aliphatic carbocycles. The normalized spacial score (nSPS) is 9.69. The molecule has 0 radical (unpaired) electrons. The van der Waals surface area contributed by atoms with E-state index in [9.17, 15) is 71.9 Å². The summed E-state index contributed by atoms with van der Waals surface area (Å²) in [6.45, 7) is 27.7. The van der Waals surface area contributed by atoms with Crippen molar-refractivity contribution in [3.63, 3.8) is 0 Å². The molecule has 0 fully saturated rings. The number of nitrogens with zero attached hydrogens (tertiary/aromatic N) is 6. The van der Waals surface area contributed by atoms with E-state index in [1.807, 2.05) is 0 Å². The predicted molar refractivity (Wildman–Crippen MR) is 273 cm³/mol. The molecular formula is C49H62N6O23. The number of carbonyl (C=O) groups excluding carboxylic acids is 9. The van der Waals surface area contributed by atoms with Gasteiger partial charge in [0.1, 0.15) is 26.4 Å². The summed E-state index contributed by atoms with van der Waals surface area (Å²) in [5, 5.41) is 0. The SMILES string of the molecule is C=C.C=C.C=CC(=O)OCCCCCC(=O)OCCn1c(=O)n(CCOC(=O)CCCCCOC(=O)C=C)c(=O)n(OC(=O)C(=O)C=C)c1=O.C=CC(=O)OCCn1c(=O)n(CCOC(=O)C=C)c(=O)n(OC(=O)C=C)c1=O. The first-order valence-electron chi connectivity index (χ1n) is 22.9. The average Bonchev–Trinajstić information content (AvgIpc) is 3.45. The minimum absolute atomic E-state index is 0.0105. The van der Waals surface area contributed by atoms with Crippen LogP contribution in [0.5, 0.6) is 0 Å². The highest BCUT2D eigenvalue weighted by Crippen LogP contribution is 2.04. The summed E-state index contributed by atoms with van der Waals surface area (Å²) in [5.41, 5.74) is -7.70. The van der Waals surface area contributed by atoms with Gasteiger partial charge in [-0.15, -0.1) is 26.3 Å². The van der Waals surface area contributed by atoms with Crippen LogP contribution in [-0.2, 0) is 97.8 Å². The summed E-state index contributed by atoms with van der Waals surface area (Å²) in [5.74, 6) is -8.07. The molecule has 0 aromatic carbocycles. The number of aromatic nitrogens is 6. The second-order valence-corrected chi connectivity index (χ2v) is 14.0. The minimum Gasteiger partial charge on any atom is -0.464 e. The fourth-order valence-corrected chi connectivity index (χ4v) is 5.28. The number of unbranched alkanes of at least 4 members (excludes halogenated alkanes) is 4. The molecule has 0 N–H and O–H groups in total. The highest BCUT2D eigenvalue weighted by Gasteiger charge is 2.23. The number of rotatable bonds is 33. The summed E-state index contributed by atoms with van der Waals surface area (Å²) in [6, 6.07) is 0. The summed E-state index contributed by atoms with van der Waals surface area (Å²) < 4.78 is 30.9. The monoisotopic (exact) mass is 1100 g/mol. The molecule has 0 spiro atoms. The fourth-order valence-electron chi connectivity index (χ4n) is 5.28. The topological polar surface area (TPSA) is 359 Å². The number of ketones is 1. The molecular weight excluding hydrogens is 1040 g/mol. The number of esters is 6. The molecule has 29 heteroatoms. The lowest BCUT2D eigenvalue weighted by Crippen LogP contribution is -2.58. The van der Waals surface area contributed by atoms with Crippen LogP contribution in [0.4, 0.5) is 0 Å². The van der Waals surface area contributed by atoms with Crippen LogP contribution in [0, 0.1) is 0 Å². The second-order valence-electron chi connectivity index (χ2n) is 14.0. The van der Waals surface area contributed by atoms with Gasteiger partial charge in [0.05, 0.1) is 39.4 Å². The summed E-state index contributed by atoms with van der Waals surface area (Å²) in [6.07, 6.45) is 7.97. The van der Waals surface area contributed by atoms with Crippen molar-refractivity contribution in [3.05, 3.63) is 165 Å². The van der Waals surface area contributed by atoms with Crippen molar-refractivity contribution in [2.75, 3.05) is 39.6 Å². The molecule has 0 amide bonds. The predicted octanol–water partition coefficient (Wildman–Crippen LogP) is -1.08. The molecule has 2 aromatic rings. The molecule has 0 bridgehead atoms. The molecule has 0 saturated heterocycles. The van der Waals surface area contributed by atoms with E-state index in [0.29, 0.717) is 68.9 Å². The van der Waals surface area contributed by atoms with Crippen molar-refractivity contribution in [3.8, 4) is 0 Å².